The van der Waals surface area contributed by atoms with Gasteiger partial charge >= 0.3 is 0 Å². The molecule has 1 spiro atoms. The zero-order valence-corrected chi connectivity index (χ0v) is 16.1. The molecular weight excluding hydrogens is 392 g/mol. The lowest BCUT2D eigenvalue weighted by molar-refractivity contribution is -0.0859. The van der Waals surface area contributed by atoms with E-state index in [1.807, 2.05) is 0 Å². The second kappa shape index (κ2) is 6.94. The Bertz CT molecular complexity index is 919. The summed E-state index contributed by atoms with van der Waals surface area (Å²) in [6.45, 7) is 1.41. The minimum atomic E-state index is -3.72. The fourth-order valence-electron chi connectivity index (χ4n) is 3.68. The van der Waals surface area contributed by atoms with Crippen molar-refractivity contribution in [2.45, 2.75) is 23.5 Å². The van der Waals surface area contributed by atoms with Crippen LogP contribution in [0.3, 0.4) is 0 Å². The smallest absolute Gasteiger partial charge is 0.289 e. The Kier molecular flexibility index (Phi) is 4.75. The third-order valence-corrected chi connectivity index (χ3v) is 7.30. The van der Waals surface area contributed by atoms with Gasteiger partial charge in [0.25, 0.3) is 5.91 Å². The lowest BCUT2D eigenvalue weighted by Crippen LogP contribution is -2.55. The van der Waals surface area contributed by atoms with Crippen LogP contribution in [0.1, 0.15) is 23.4 Å². The Hall–Kier alpha value is -1.87. The number of piperidine rings is 1. The number of sulfonamides is 1. The monoisotopic (exact) mass is 410 g/mol. The fraction of sp³-hybridized carbons (Fsp3) is 0.389. The molecule has 0 bridgehead atoms. The highest BCUT2D eigenvalue weighted by Crippen LogP contribution is 2.38. The third kappa shape index (κ3) is 3.27. The molecule has 1 amide bonds. The van der Waals surface area contributed by atoms with Crippen LogP contribution in [0.25, 0.3) is 0 Å². The van der Waals surface area contributed by atoms with Crippen molar-refractivity contribution >= 4 is 27.5 Å². The number of carbonyl (C=O) groups is 1. The summed E-state index contributed by atoms with van der Waals surface area (Å²) in [4.78, 5) is 14.3. The van der Waals surface area contributed by atoms with Gasteiger partial charge in [-0.1, -0.05) is 11.6 Å². The van der Waals surface area contributed by atoms with Gasteiger partial charge in [-0.15, -0.1) is 0 Å². The van der Waals surface area contributed by atoms with E-state index >= 15 is 0 Å². The van der Waals surface area contributed by atoms with E-state index < -0.39 is 15.7 Å². The average molecular weight is 411 g/mol. The Labute approximate surface area is 162 Å². The van der Waals surface area contributed by atoms with Crippen LogP contribution < -0.4 is 0 Å². The van der Waals surface area contributed by atoms with Gasteiger partial charge in [-0.3, -0.25) is 4.79 Å². The van der Waals surface area contributed by atoms with Gasteiger partial charge in [0.05, 0.1) is 17.8 Å². The van der Waals surface area contributed by atoms with E-state index in [9.17, 15) is 13.2 Å². The van der Waals surface area contributed by atoms with Gasteiger partial charge < -0.3 is 14.1 Å². The van der Waals surface area contributed by atoms with Crippen LogP contribution >= 0.6 is 11.6 Å². The number of amides is 1. The largest absolute Gasteiger partial charge is 0.459 e. The number of hydrogen-bond donors (Lipinski definition) is 0. The number of hydrogen-bond acceptors (Lipinski definition) is 5. The van der Waals surface area contributed by atoms with Crippen LogP contribution in [0.15, 0.2) is 52.0 Å². The molecule has 144 valence electrons. The SMILES string of the molecule is O=C(c1ccco1)N1CCC2(CC1)OCCN2S(=O)(=O)c1ccc(Cl)cc1. The quantitative estimate of drug-likeness (QED) is 0.777. The van der Waals surface area contributed by atoms with Crippen LogP contribution in [-0.4, -0.2) is 55.5 Å². The Morgan fingerprint density at radius 3 is 2.41 bits per heavy atom. The molecule has 4 rings (SSSR count). The van der Waals surface area contributed by atoms with Gasteiger partial charge in [-0.05, 0) is 36.4 Å². The number of nitrogens with zero attached hydrogens (tertiary/aromatic N) is 2. The van der Waals surface area contributed by atoms with Crippen LogP contribution in [0.2, 0.25) is 5.02 Å². The molecule has 2 aliphatic rings. The lowest BCUT2D eigenvalue weighted by Gasteiger charge is -2.42. The first-order valence-corrected chi connectivity index (χ1v) is 10.5. The number of halogens is 1. The molecule has 2 aliphatic heterocycles. The summed E-state index contributed by atoms with van der Waals surface area (Å²) >= 11 is 5.87. The summed E-state index contributed by atoms with van der Waals surface area (Å²) in [6.07, 6.45) is 2.28. The van der Waals surface area contributed by atoms with E-state index in [0.717, 1.165) is 0 Å². The van der Waals surface area contributed by atoms with Crippen LogP contribution in [0, 0.1) is 0 Å². The molecular formula is C18H19ClN2O5S. The molecule has 2 saturated heterocycles. The standard InChI is InChI=1S/C18H19ClN2O5S/c19-14-3-5-15(6-4-14)27(23,24)21-11-13-26-18(21)7-9-20(10-8-18)17(22)16-2-1-12-25-16/h1-6,12H,7-11,13H2. The summed E-state index contributed by atoms with van der Waals surface area (Å²) in [7, 11) is -3.72. The molecule has 1 aromatic heterocycles. The molecule has 0 radical (unpaired) electrons. The van der Waals surface area contributed by atoms with Gasteiger partial charge in [0.15, 0.2) is 5.76 Å². The Balaban J connectivity index is 1.53. The summed E-state index contributed by atoms with van der Waals surface area (Å²) in [5.41, 5.74) is -0.918. The van der Waals surface area contributed by atoms with E-state index in [4.69, 9.17) is 20.8 Å². The van der Waals surface area contributed by atoms with Crippen LogP contribution in [0.4, 0.5) is 0 Å². The van der Waals surface area contributed by atoms with Crippen molar-refractivity contribution < 1.29 is 22.4 Å². The molecule has 1 aromatic carbocycles. The number of ether oxygens (including phenoxy) is 1. The molecule has 0 saturated carbocycles. The van der Waals surface area contributed by atoms with E-state index in [1.165, 1.54) is 22.7 Å². The number of rotatable bonds is 3. The molecule has 0 N–H and O–H groups in total. The predicted octanol–water partition coefficient (Wildman–Crippen LogP) is 2.59. The number of benzene rings is 1. The lowest BCUT2D eigenvalue weighted by atomic mass is 10.0. The predicted molar refractivity (Wildman–Crippen MR) is 97.9 cm³/mol. The normalized spacial score (nSPS) is 20.3. The zero-order chi connectivity index (χ0) is 19.1. The van der Waals surface area contributed by atoms with Crippen LogP contribution in [-0.2, 0) is 14.8 Å². The van der Waals surface area contributed by atoms with Crippen molar-refractivity contribution in [1.29, 1.82) is 0 Å². The van der Waals surface area contributed by atoms with Crippen LogP contribution in [0.5, 0.6) is 0 Å². The van der Waals surface area contributed by atoms with Gasteiger partial charge in [0, 0.05) is 37.5 Å². The van der Waals surface area contributed by atoms with Crippen molar-refractivity contribution in [3.8, 4) is 0 Å². The van der Waals surface area contributed by atoms with Crippen molar-refractivity contribution in [3.63, 3.8) is 0 Å². The maximum absolute atomic E-state index is 13.1. The topological polar surface area (TPSA) is 80.1 Å². The van der Waals surface area contributed by atoms with Crippen molar-refractivity contribution in [3.05, 3.63) is 53.4 Å². The highest BCUT2D eigenvalue weighted by Gasteiger charge is 2.51. The minimum Gasteiger partial charge on any atom is -0.459 e. The summed E-state index contributed by atoms with van der Waals surface area (Å²) in [5, 5.41) is 0.478. The molecule has 0 aliphatic carbocycles. The number of carbonyl (C=O) groups excluding carboxylic acids is 1. The molecule has 9 heteroatoms. The Morgan fingerprint density at radius 2 is 1.78 bits per heavy atom. The molecule has 27 heavy (non-hydrogen) atoms. The van der Waals surface area contributed by atoms with E-state index in [2.05, 4.69) is 0 Å². The maximum Gasteiger partial charge on any atom is 0.289 e. The zero-order valence-electron chi connectivity index (χ0n) is 14.5. The first-order chi connectivity index (χ1) is 12.9. The van der Waals surface area contributed by atoms with Gasteiger partial charge in [0.2, 0.25) is 10.0 Å². The van der Waals surface area contributed by atoms with E-state index in [0.29, 0.717) is 37.6 Å². The van der Waals surface area contributed by atoms with Crippen molar-refractivity contribution in [1.82, 2.24) is 9.21 Å². The first kappa shape index (κ1) is 18.5. The fourth-order valence-corrected chi connectivity index (χ4v) is 5.53. The second-order valence-corrected chi connectivity index (χ2v) is 8.89. The molecule has 3 heterocycles. The highest BCUT2D eigenvalue weighted by atomic mass is 35.5. The summed E-state index contributed by atoms with van der Waals surface area (Å²) < 4.78 is 38.8. The van der Waals surface area contributed by atoms with Gasteiger partial charge in [-0.2, -0.15) is 4.31 Å². The van der Waals surface area contributed by atoms with E-state index in [-0.39, 0.29) is 23.1 Å². The summed E-state index contributed by atoms with van der Waals surface area (Å²) in [6, 6.07) is 9.40. The number of likely N-dealkylation sites (tertiary alicyclic amines) is 1. The maximum atomic E-state index is 13.1. The van der Waals surface area contributed by atoms with E-state index in [1.54, 1.807) is 29.2 Å². The molecule has 0 atom stereocenters. The van der Waals surface area contributed by atoms with Crippen molar-refractivity contribution in [2.75, 3.05) is 26.2 Å². The second-order valence-electron chi connectivity index (χ2n) is 6.60. The highest BCUT2D eigenvalue weighted by molar-refractivity contribution is 7.89. The molecule has 2 fully saturated rings. The Morgan fingerprint density at radius 1 is 1.07 bits per heavy atom. The molecule has 2 aromatic rings. The summed E-state index contributed by atoms with van der Waals surface area (Å²) in [5.74, 6) is 0.0869. The minimum absolute atomic E-state index is 0.186. The van der Waals surface area contributed by atoms with Gasteiger partial charge in [0.1, 0.15) is 5.72 Å². The molecule has 7 nitrogen and oxygen atoms in total. The number of furan rings is 1. The molecule has 0 unspecified atom stereocenters. The average Bonchev–Trinajstić information content (AvgIpc) is 3.33. The first-order valence-electron chi connectivity index (χ1n) is 8.68. The van der Waals surface area contributed by atoms with Gasteiger partial charge in [-0.25, -0.2) is 8.42 Å². The third-order valence-electron chi connectivity index (χ3n) is 5.09. The van der Waals surface area contributed by atoms with Crippen molar-refractivity contribution in [2.24, 2.45) is 0 Å².